The summed E-state index contributed by atoms with van der Waals surface area (Å²) >= 11 is 0. The highest BCUT2D eigenvalue weighted by molar-refractivity contribution is 5.94. The monoisotopic (exact) mass is 271 g/mol. The van der Waals surface area contributed by atoms with Crippen molar-refractivity contribution in [3.63, 3.8) is 0 Å². The van der Waals surface area contributed by atoms with Gasteiger partial charge in [-0.05, 0) is 32.2 Å². The molecule has 0 radical (unpaired) electrons. The molecule has 1 aromatic rings. The Morgan fingerprint density at radius 3 is 2.53 bits per heavy atom. The highest BCUT2D eigenvalue weighted by Gasteiger charge is 2.34. The number of nitriles is 1. The SMILES string of the molecule is CNC(C)C(=O)Nc1ccc(C#N)c(C(F)(F)F)c1. The number of carbonyl (C=O) groups is 1. The molecule has 0 fully saturated rings. The van der Waals surface area contributed by atoms with Crippen LogP contribution in [-0.4, -0.2) is 19.0 Å². The number of carbonyl (C=O) groups excluding carboxylic acids is 1. The molecule has 0 saturated carbocycles. The standard InChI is InChI=1S/C12H12F3N3O/c1-7(17-2)11(19)18-9-4-3-8(6-16)10(5-9)12(13,14)15/h3-5,7,17H,1-2H3,(H,18,19). The first-order valence-corrected chi connectivity index (χ1v) is 5.39. The van der Waals surface area contributed by atoms with E-state index in [4.69, 9.17) is 5.26 Å². The predicted molar refractivity (Wildman–Crippen MR) is 63.3 cm³/mol. The Morgan fingerprint density at radius 2 is 2.05 bits per heavy atom. The molecule has 19 heavy (non-hydrogen) atoms. The van der Waals surface area contributed by atoms with E-state index in [1.165, 1.54) is 12.1 Å². The molecule has 0 aliphatic rings. The Bertz CT molecular complexity index is 520. The van der Waals surface area contributed by atoms with Gasteiger partial charge in [0.25, 0.3) is 0 Å². The van der Waals surface area contributed by atoms with Gasteiger partial charge in [-0.1, -0.05) is 0 Å². The van der Waals surface area contributed by atoms with Crippen molar-refractivity contribution in [3.8, 4) is 6.07 Å². The summed E-state index contributed by atoms with van der Waals surface area (Å²) in [7, 11) is 1.56. The number of hydrogen-bond acceptors (Lipinski definition) is 3. The van der Waals surface area contributed by atoms with E-state index in [-0.39, 0.29) is 5.69 Å². The van der Waals surface area contributed by atoms with Crippen LogP contribution in [-0.2, 0) is 11.0 Å². The molecule has 2 N–H and O–H groups in total. The van der Waals surface area contributed by atoms with Crippen molar-refractivity contribution in [2.45, 2.75) is 19.1 Å². The third-order valence-electron chi connectivity index (χ3n) is 2.54. The van der Waals surface area contributed by atoms with Crippen molar-refractivity contribution < 1.29 is 18.0 Å². The number of amides is 1. The maximum absolute atomic E-state index is 12.7. The van der Waals surface area contributed by atoms with Gasteiger partial charge in [-0.2, -0.15) is 18.4 Å². The average molecular weight is 271 g/mol. The van der Waals surface area contributed by atoms with E-state index in [0.29, 0.717) is 0 Å². The van der Waals surface area contributed by atoms with Gasteiger partial charge in [0.15, 0.2) is 0 Å². The number of halogens is 3. The van der Waals surface area contributed by atoms with Crippen LogP contribution in [0.5, 0.6) is 0 Å². The van der Waals surface area contributed by atoms with E-state index in [0.717, 1.165) is 12.1 Å². The number of rotatable bonds is 3. The number of nitrogens with zero attached hydrogens (tertiary/aromatic N) is 1. The molecule has 0 bridgehead atoms. The number of hydrogen-bond donors (Lipinski definition) is 2. The van der Waals surface area contributed by atoms with Gasteiger partial charge in [0, 0.05) is 5.69 Å². The largest absolute Gasteiger partial charge is 0.417 e. The van der Waals surface area contributed by atoms with Gasteiger partial charge in [-0.15, -0.1) is 0 Å². The van der Waals surface area contributed by atoms with Crippen LogP contribution in [0.1, 0.15) is 18.1 Å². The van der Waals surface area contributed by atoms with Crippen LogP contribution < -0.4 is 10.6 Å². The molecule has 1 aromatic carbocycles. The lowest BCUT2D eigenvalue weighted by atomic mass is 10.1. The lowest BCUT2D eigenvalue weighted by Gasteiger charge is -2.14. The van der Waals surface area contributed by atoms with Crippen LogP contribution in [0.3, 0.4) is 0 Å². The zero-order valence-electron chi connectivity index (χ0n) is 10.3. The molecule has 102 valence electrons. The summed E-state index contributed by atoms with van der Waals surface area (Å²) in [5, 5.41) is 13.6. The van der Waals surface area contributed by atoms with Gasteiger partial charge in [-0.25, -0.2) is 0 Å². The average Bonchev–Trinajstić information content (AvgIpc) is 2.36. The second-order valence-electron chi connectivity index (χ2n) is 3.87. The summed E-state index contributed by atoms with van der Waals surface area (Å²) in [5.74, 6) is -0.458. The zero-order chi connectivity index (χ0) is 14.6. The number of benzene rings is 1. The van der Waals surface area contributed by atoms with Crippen LogP contribution in [0.15, 0.2) is 18.2 Å². The van der Waals surface area contributed by atoms with Crippen LogP contribution in [0.2, 0.25) is 0 Å². The van der Waals surface area contributed by atoms with Gasteiger partial charge in [0.2, 0.25) is 5.91 Å². The minimum atomic E-state index is -4.64. The predicted octanol–water partition coefficient (Wildman–Crippen LogP) is 2.12. The van der Waals surface area contributed by atoms with Gasteiger partial charge in [0.1, 0.15) is 0 Å². The fraction of sp³-hybridized carbons (Fsp3) is 0.333. The summed E-state index contributed by atoms with van der Waals surface area (Å²) < 4.78 is 38.1. The molecule has 1 atom stereocenters. The van der Waals surface area contributed by atoms with Gasteiger partial charge >= 0.3 is 6.18 Å². The molecule has 0 heterocycles. The first kappa shape index (κ1) is 15.0. The van der Waals surface area contributed by atoms with Gasteiger partial charge in [0.05, 0.1) is 23.2 Å². The highest BCUT2D eigenvalue weighted by Crippen LogP contribution is 2.33. The lowest BCUT2D eigenvalue weighted by Crippen LogP contribution is -2.35. The van der Waals surface area contributed by atoms with Crippen LogP contribution in [0.25, 0.3) is 0 Å². The van der Waals surface area contributed by atoms with E-state index < -0.39 is 29.3 Å². The normalized spacial score (nSPS) is 12.6. The minimum Gasteiger partial charge on any atom is -0.325 e. The Balaban J connectivity index is 3.07. The fourth-order valence-electron chi connectivity index (χ4n) is 1.34. The summed E-state index contributed by atoms with van der Waals surface area (Å²) in [5.41, 5.74) is -1.55. The van der Waals surface area contributed by atoms with Crippen LogP contribution in [0, 0.1) is 11.3 Å². The Labute approximate surface area is 108 Å². The number of anilines is 1. The second kappa shape index (κ2) is 5.71. The van der Waals surface area contributed by atoms with Crippen LogP contribution >= 0.6 is 0 Å². The highest BCUT2D eigenvalue weighted by atomic mass is 19.4. The summed E-state index contributed by atoms with van der Waals surface area (Å²) in [6.45, 7) is 1.57. The Morgan fingerprint density at radius 1 is 1.42 bits per heavy atom. The first-order valence-electron chi connectivity index (χ1n) is 5.39. The molecule has 0 aromatic heterocycles. The fourth-order valence-corrected chi connectivity index (χ4v) is 1.34. The van der Waals surface area contributed by atoms with E-state index in [1.54, 1.807) is 14.0 Å². The van der Waals surface area contributed by atoms with E-state index in [2.05, 4.69) is 10.6 Å². The number of alkyl halides is 3. The van der Waals surface area contributed by atoms with E-state index in [9.17, 15) is 18.0 Å². The first-order chi connectivity index (χ1) is 8.79. The third-order valence-corrected chi connectivity index (χ3v) is 2.54. The Hall–Kier alpha value is -2.07. The molecule has 0 aliphatic heterocycles. The molecule has 4 nitrogen and oxygen atoms in total. The van der Waals surface area contributed by atoms with Crippen molar-refractivity contribution in [3.05, 3.63) is 29.3 Å². The van der Waals surface area contributed by atoms with Gasteiger partial charge in [-0.3, -0.25) is 4.79 Å². The Kier molecular flexibility index (Phi) is 4.51. The van der Waals surface area contributed by atoms with Crippen molar-refractivity contribution in [1.82, 2.24) is 5.32 Å². The molecule has 1 unspecified atom stereocenters. The summed E-state index contributed by atoms with van der Waals surface area (Å²) in [4.78, 5) is 11.5. The molecular formula is C12H12F3N3O. The third kappa shape index (κ3) is 3.69. The summed E-state index contributed by atoms with van der Waals surface area (Å²) in [6.07, 6.45) is -4.64. The van der Waals surface area contributed by atoms with Crippen LogP contribution in [0.4, 0.5) is 18.9 Å². The molecule has 7 heteroatoms. The lowest BCUT2D eigenvalue weighted by molar-refractivity contribution is -0.137. The minimum absolute atomic E-state index is 0.00146. The molecule has 1 amide bonds. The molecule has 0 spiro atoms. The van der Waals surface area contributed by atoms with Crippen molar-refractivity contribution >= 4 is 11.6 Å². The quantitative estimate of drug-likeness (QED) is 0.885. The number of nitrogens with one attached hydrogen (secondary N) is 2. The smallest absolute Gasteiger partial charge is 0.325 e. The van der Waals surface area contributed by atoms with Gasteiger partial charge < -0.3 is 10.6 Å². The van der Waals surface area contributed by atoms with Crippen molar-refractivity contribution in [2.75, 3.05) is 12.4 Å². The second-order valence-corrected chi connectivity index (χ2v) is 3.87. The zero-order valence-corrected chi connectivity index (χ0v) is 10.3. The number of likely N-dealkylation sites (N-methyl/N-ethyl adjacent to an activating group) is 1. The maximum Gasteiger partial charge on any atom is 0.417 e. The molecule has 0 aliphatic carbocycles. The molecule has 1 rings (SSSR count). The maximum atomic E-state index is 12.7. The van der Waals surface area contributed by atoms with E-state index in [1.807, 2.05) is 0 Å². The topological polar surface area (TPSA) is 64.9 Å². The summed E-state index contributed by atoms with van der Waals surface area (Å²) in [6, 6.07) is 3.97. The van der Waals surface area contributed by atoms with Crippen molar-refractivity contribution in [2.24, 2.45) is 0 Å². The molecular weight excluding hydrogens is 259 g/mol. The van der Waals surface area contributed by atoms with Crippen molar-refractivity contribution in [1.29, 1.82) is 5.26 Å². The molecule has 0 saturated heterocycles. The van der Waals surface area contributed by atoms with E-state index >= 15 is 0 Å².